The van der Waals surface area contributed by atoms with Crippen LogP contribution in [-0.2, 0) is 5.41 Å². The molecule has 1 aromatic heterocycles. The first-order valence-corrected chi connectivity index (χ1v) is 4.80. The molecule has 0 aromatic carbocycles. The monoisotopic (exact) mass is 181 g/mol. The summed E-state index contributed by atoms with van der Waals surface area (Å²) in [6.07, 6.45) is 6.12. The molecular formula is C9H15N3O. The van der Waals surface area contributed by atoms with Gasteiger partial charge in [0.25, 0.3) is 0 Å². The van der Waals surface area contributed by atoms with Gasteiger partial charge in [0.15, 0.2) is 5.82 Å². The first-order chi connectivity index (χ1) is 6.21. The molecule has 2 rings (SSSR count). The summed E-state index contributed by atoms with van der Waals surface area (Å²) < 4.78 is 4.80. The average molecular weight is 181 g/mol. The molecule has 4 nitrogen and oxygen atoms in total. The minimum Gasteiger partial charge on any atom is -0.351 e. The molecule has 0 bridgehead atoms. The fraction of sp³-hybridized carbons (Fsp3) is 0.778. The summed E-state index contributed by atoms with van der Waals surface area (Å²) in [7, 11) is 0. The van der Waals surface area contributed by atoms with Gasteiger partial charge in [0, 0.05) is 5.41 Å². The number of hydrogen-bond acceptors (Lipinski definition) is 4. The van der Waals surface area contributed by atoms with Crippen molar-refractivity contribution in [3.8, 4) is 0 Å². The van der Waals surface area contributed by atoms with Crippen LogP contribution in [0.25, 0.3) is 0 Å². The maximum atomic E-state index is 5.40. The van der Waals surface area contributed by atoms with Crippen molar-refractivity contribution < 1.29 is 4.52 Å². The standard InChI is InChI=1S/C9H15N3O/c1-9(5-3-2-4-6-9)7-11-8(10)13-12-7/h2-6H2,1H3,(H2,10,11,12). The molecule has 0 spiro atoms. The van der Waals surface area contributed by atoms with Crippen LogP contribution >= 0.6 is 0 Å². The second-order valence-corrected chi connectivity index (χ2v) is 4.08. The van der Waals surface area contributed by atoms with E-state index in [-0.39, 0.29) is 11.4 Å². The van der Waals surface area contributed by atoms with E-state index < -0.39 is 0 Å². The van der Waals surface area contributed by atoms with E-state index in [0.29, 0.717) is 0 Å². The van der Waals surface area contributed by atoms with Crippen molar-refractivity contribution in [2.45, 2.75) is 44.4 Å². The fourth-order valence-corrected chi connectivity index (χ4v) is 2.04. The Balaban J connectivity index is 2.22. The van der Waals surface area contributed by atoms with Crippen LogP contribution in [-0.4, -0.2) is 10.1 Å². The maximum absolute atomic E-state index is 5.40. The zero-order valence-corrected chi connectivity index (χ0v) is 7.92. The van der Waals surface area contributed by atoms with Crippen LogP contribution in [0.1, 0.15) is 44.9 Å². The smallest absolute Gasteiger partial charge is 0.318 e. The van der Waals surface area contributed by atoms with E-state index in [1.807, 2.05) is 0 Å². The molecule has 1 fully saturated rings. The van der Waals surface area contributed by atoms with Gasteiger partial charge in [-0.05, 0) is 12.8 Å². The van der Waals surface area contributed by atoms with Crippen molar-refractivity contribution in [2.24, 2.45) is 0 Å². The molecule has 2 N–H and O–H groups in total. The normalized spacial score (nSPS) is 21.6. The third-order valence-electron chi connectivity index (χ3n) is 2.94. The molecule has 13 heavy (non-hydrogen) atoms. The van der Waals surface area contributed by atoms with Gasteiger partial charge in [0.1, 0.15) is 0 Å². The van der Waals surface area contributed by atoms with Crippen LogP contribution in [0.3, 0.4) is 0 Å². The highest BCUT2D eigenvalue weighted by Crippen LogP contribution is 2.37. The van der Waals surface area contributed by atoms with Crippen LogP contribution in [0.15, 0.2) is 4.52 Å². The van der Waals surface area contributed by atoms with E-state index in [1.54, 1.807) is 0 Å². The lowest BCUT2D eigenvalue weighted by Gasteiger charge is -2.29. The fourth-order valence-electron chi connectivity index (χ4n) is 2.04. The number of nitrogen functional groups attached to an aromatic ring is 1. The third-order valence-corrected chi connectivity index (χ3v) is 2.94. The lowest BCUT2D eigenvalue weighted by molar-refractivity contribution is 0.291. The molecule has 4 heteroatoms. The quantitative estimate of drug-likeness (QED) is 0.718. The molecular weight excluding hydrogens is 166 g/mol. The Morgan fingerprint density at radius 3 is 2.54 bits per heavy atom. The van der Waals surface area contributed by atoms with Gasteiger partial charge in [-0.1, -0.05) is 31.3 Å². The summed E-state index contributed by atoms with van der Waals surface area (Å²) in [6.45, 7) is 2.19. The molecule has 1 aliphatic carbocycles. The highest BCUT2D eigenvalue weighted by atomic mass is 16.5. The minimum absolute atomic E-state index is 0.0966. The molecule has 0 aliphatic heterocycles. The predicted molar refractivity (Wildman–Crippen MR) is 49.1 cm³/mol. The van der Waals surface area contributed by atoms with Crippen LogP contribution < -0.4 is 5.73 Å². The van der Waals surface area contributed by atoms with E-state index in [0.717, 1.165) is 18.7 Å². The summed E-state index contributed by atoms with van der Waals surface area (Å²) in [4.78, 5) is 4.11. The number of nitrogens with zero attached hydrogens (tertiary/aromatic N) is 2. The molecule has 72 valence electrons. The van der Waals surface area contributed by atoms with Gasteiger partial charge in [-0.15, -0.1) is 0 Å². The molecule has 1 heterocycles. The SMILES string of the molecule is CC1(c2noc(N)n2)CCCCC1. The number of hydrogen-bond donors (Lipinski definition) is 1. The first-order valence-electron chi connectivity index (χ1n) is 4.80. The van der Waals surface area contributed by atoms with Gasteiger partial charge >= 0.3 is 6.01 Å². The highest BCUT2D eigenvalue weighted by molar-refractivity contribution is 5.14. The average Bonchev–Trinajstić information content (AvgIpc) is 2.54. The van der Waals surface area contributed by atoms with Crippen LogP contribution in [0.4, 0.5) is 6.01 Å². The van der Waals surface area contributed by atoms with Gasteiger partial charge in [-0.3, -0.25) is 0 Å². The van der Waals surface area contributed by atoms with Gasteiger partial charge in [0.2, 0.25) is 0 Å². The molecule has 1 aliphatic rings. The lowest BCUT2D eigenvalue weighted by Crippen LogP contribution is -2.26. The van der Waals surface area contributed by atoms with E-state index >= 15 is 0 Å². The first kappa shape index (κ1) is 8.53. The third kappa shape index (κ3) is 1.53. The van der Waals surface area contributed by atoms with Gasteiger partial charge < -0.3 is 10.3 Å². The van der Waals surface area contributed by atoms with Crippen molar-refractivity contribution in [3.05, 3.63) is 5.82 Å². The van der Waals surface area contributed by atoms with Crippen LogP contribution in [0.2, 0.25) is 0 Å². The topological polar surface area (TPSA) is 64.9 Å². The molecule has 0 saturated heterocycles. The second kappa shape index (κ2) is 3.01. The van der Waals surface area contributed by atoms with Gasteiger partial charge in [-0.2, -0.15) is 4.98 Å². The molecule has 0 atom stereocenters. The lowest BCUT2D eigenvalue weighted by atomic mass is 9.75. The molecule has 1 aromatic rings. The van der Waals surface area contributed by atoms with Crippen molar-refractivity contribution >= 4 is 6.01 Å². The van der Waals surface area contributed by atoms with E-state index in [1.165, 1.54) is 19.3 Å². The highest BCUT2D eigenvalue weighted by Gasteiger charge is 2.33. The summed E-state index contributed by atoms with van der Waals surface area (Å²) in [5, 5.41) is 3.90. The van der Waals surface area contributed by atoms with Crippen molar-refractivity contribution in [1.29, 1.82) is 0 Å². The molecule has 0 unspecified atom stereocenters. The number of nitrogens with two attached hydrogens (primary N) is 1. The van der Waals surface area contributed by atoms with E-state index in [9.17, 15) is 0 Å². The van der Waals surface area contributed by atoms with Gasteiger partial charge in [-0.25, -0.2) is 0 Å². The van der Waals surface area contributed by atoms with Crippen LogP contribution in [0.5, 0.6) is 0 Å². The Morgan fingerprint density at radius 2 is 2.00 bits per heavy atom. The van der Waals surface area contributed by atoms with Crippen molar-refractivity contribution in [3.63, 3.8) is 0 Å². The largest absolute Gasteiger partial charge is 0.351 e. The van der Waals surface area contributed by atoms with E-state index in [4.69, 9.17) is 10.3 Å². The van der Waals surface area contributed by atoms with Crippen molar-refractivity contribution in [1.82, 2.24) is 10.1 Å². The Morgan fingerprint density at radius 1 is 1.31 bits per heavy atom. The minimum atomic E-state index is 0.0966. The predicted octanol–water partition coefficient (Wildman–Crippen LogP) is 1.87. The number of anilines is 1. The molecule has 0 amide bonds. The Hall–Kier alpha value is -1.06. The number of aromatic nitrogens is 2. The summed E-state index contributed by atoms with van der Waals surface area (Å²) in [5.74, 6) is 0.782. The summed E-state index contributed by atoms with van der Waals surface area (Å²) in [5.41, 5.74) is 5.50. The Bertz CT molecular complexity index is 289. The molecule has 0 radical (unpaired) electrons. The van der Waals surface area contributed by atoms with Crippen LogP contribution in [0, 0.1) is 0 Å². The zero-order chi connectivity index (χ0) is 9.31. The second-order valence-electron chi connectivity index (χ2n) is 4.08. The number of rotatable bonds is 1. The summed E-state index contributed by atoms with van der Waals surface area (Å²) in [6, 6.07) is 0.182. The van der Waals surface area contributed by atoms with Gasteiger partial charge in [0.05, 0.1) is 0 Å². The van der Waals surface area contributed by atoms with Crippen molar-refractivity contribution in [2.75, 3.05) is 5.73 Å². The summed E-state index contributed by atoms with van der Waals surface area (Å²) >= 11 is 0. The Labute approximate surface area is 77.5 Å². The maximum Gasteiger partial charge on any atom is 0.318 e. The molecule has 1 saturated carbocycles. The van der Waals surface area contributed by atoms with E-state index in [2.05, 4.69) is 17.1 Å². The zero-order valence-electron chi connectivity index (χ0n) is 7.92. The Kier molecular flexibility index (Phi) is 1.98.